The molecule has 0 aliphatic rings. The molecule has 0 heterocycles. The Hall–Kier alpha value is -1.04. The molecule has 0 atom stereocenters. The van der Waals surface area contributed by atoms with Gasteiger partial charge in [-0.1, -0.05) is 6.92 Å². The van der Waals surface area contributed by atoms with Crippen LogP contribution in [-0.2, 0) is 14.4 Å². The van der Waals surface area contributed by atoms with Gasteiger partial charge in [0.25, 0.3) is 0 Å². The van der Waals surface area contributed by atoms with Crippen LogP contribution in [0.4, 0.5) is 0 Å². The summed E-state index contributed by atoms with van der Waals surface area (Å²) < 4.78 is 0. The van der Waals surface area contributed by atoms with Crippen LogP contribution in [0.2, 0.25) is 0 Å². The van der Waals surface area contributed by atoms with E-state index in [1.54, 1.807) is 6.92 Å². The number of hydrogen-bond acceptors (Lipinski definition) is 4. The van der Waals surface area contributed by atoms with E-state index in [0.717, 1.165) is 0 Å². The number of hydrogen-bond donors (Lipinski definition) is 3. The van der Waals surface area contributed by atoms with Crippen molar-refractivity contribution in [1.82, 2.24) is 10.6 Å². The lowest BCUT2D eigenvalue weighted by Gasteiger charge is -2.04. The van der Waals surface area contributed by atoms with Crippen molar-refractivity contribution in [2.45, 2.75) is 13.3 Å². The molecule has 2 N–H and O–H groups in total. The van der Waals surface area contributed by atoms with Gasteiger partial charge in [-0.05, 0) is 0 Å². The van der Waals surface area contributed by atoms with Gasteiger partial charge in [-0.15, -0.1) is 0 Å². The standard InChI is InChI=1S/C8H14N2O3S/c1-2-6(11)3-9-7(12)4-10-8(13)5-14/h14H,2-5H2,1H3,(H,9,12)(H,10,13). The molecular weight excluding hydrogens is 204 g/mol. The second-order valence-corrected chi connectivity index (χ2v) is 2.92. The van der Waals surface area contributed by atoms with Crippen molar-refractivity contribution >= 4 is 30.2 Å². The molecule has 0 radical (unpaired) electrons. The van der Waals surface area contributed by atoms with E-state index in [1.807, 2.05) is 0 Å². The molecule has 0 aromatic rings. The quantitative estimate of drug-likeness (QED) is 0.507. The fourth-order valence-electron chi connectivity index (χ4n) is 0.619. The summed E-state index contributed by atoms with van der Waals surface area (Å²) in [5.41, 5.74) is 0. The van der Waals surface area contributed by atoms with Crippen LogP contribution in [-0.4, -0.2) is 36.4 Å². The van der Waals surface area contributed by atoms with Gasteiger partial charge in [0.1, 0.15) is 0 Å². The molecule has 14 heavy (non-hydrogen) atoms. The highest BCUT2D eigenvalue weighted by Crippen LogP contribution is 1.77. The predicted molar refractivity (Wildman–Crippen MR) is 55.2 cm³/mol. The monoisotopic (exact) mass is 218 g/mol. The summed E-state index contributed by atoms with van der Waals surface area (Å²) in [5.74, 6) is -0.688. The number of rotatable bonds is 6. The minimum Gasteiger partial charge on any atom is -0.347 e. The number of carbonyl (C=O) groups is 3. The van der Waals surface area contributed by atoms with E-state index in [9.17, 15) is 14.4 Å². The molecule has 0 spiro atoms. The zero-order valence-electron chi connectivity index (χ0n) is 8.00. The van der Waals surface area contributed by atoms with Crippen LogP contribution in [0.25, 0.3) is 0 Å². The first-order chi connectivity index (χ1) is 6.60. The maximum absolute atomic E-state index is 11.0. The summed E-state index contributed by atoms with van der Waals surface area (Å²) in [6, 6.07) is 0. The van der Waals surface area contributed by atoms with Crippen LogP contribution in [0.3, 0.4) is 0 Å². The Bertz CT molecular complexity index is 209. The first-order valence-electron chi connectivity index (χ1n) is 4.26. The van der Waals surface area contributed by atoms with Gasteiger partial charge in [0, 0.05) is 6.42 Å². The van der Waals surface area contributed by atoms with E-state index in [1.165, 1.54) is 0 Å². The van der Waals surface area contributed by atoms with Crippen LogP contribution in [0.5, 0.6) is 0 Å². The van der Waals surface area contributed by atoms with Crippen LogP contribution >= 0.6 is 12.6 Å². The fourth-order valence-corrected chi connectivity index (χ4v) is 0.731. The van der Waals surface area contributed by atoms with Crippen molar-refractivity contribution in [3.05, 3.63) is 0 Å². The molecule has 0 aromatic heterocycles. The van der Waals surface area contributed by atoms with Gasteiger partial charge >= 0.3 is 0 Å². The van der Waals surface area contributed by atoms with Crippen LogP contribution < -0.4 is 10.6 Å². The summed E-state index contributed by atoms with van der Waals surface area (Å²) in [5, 5.41) is 4.72. The molecule has 0 saturated heterocycles. The topological polar surface area (TPSA) is 75.3 Å². The maximum atomic E-state index is 11.0. The molecular formula is C8H14N2O3S. The minimum absolute atomic E-state index is 0.0199. The average molecular weight is 218 g/mol. The Labute approximate surface area is 88.0 Å². The van der Waals surface area contributed by atoms with Gasteiger partial charge in [-0.3, -0.25) is 14.4 Å². The van der Waals surface area contributed by atoms with Gasteiger partial charge in [-0.25, -0.2) is 0 Å². The average Bonchev–Trinajstić information content (AvgIpc) is 2.22. The summed E-state index contributed by atoms with van der Waals surface area (Å²) in [6.07, 6.45) is 0.392. The van der Waals surface area contributed by atoms with Crippen molar-refractivity contribution in [2.75, 3.05) is 18.8 Å². The van der Waals surface area contributed by atoms with Gasteiger partial charge in [0.15, 0.2) is 5.78 Å². The summed E-state index contributed by atoms with van der Waals surface area (Å²) in [6.45, 7) is 1.62. The molecule has 5 nitrogen and oxygen atoms in total. The number of nitrogens with one attached hydrogen (secondary N) is 2. The third kappa shape index (κ3) is 6.47. The third-order valence-corrected chi connectivity index (χ3v) is 1.75. The Kier molecular flexibility index (Phi) is 6.82. The molecule has 0 aliphatic carbocycles. The van der Waals surface area contributed by atoms with E-state index in [4.69, 9.17) is 0 Å². The third-order valence-electron chi connectivity index (χ3n) is 1.47. The smallest absolute Gasteiger partial charge is 0.239 e. The molecule has 0 bridgehead atoms. The van der Waals surface area contributed by atoms with E-state index < -0.39 is 0 Å². The molecule has 80 valence electrons. The van der Waals surface area contributed by atoms with Gasteiger partial charge in [0.2, 0.25) is 11.8 Å². The second kappa shape index (κ2) is 7.37. The van der Waals surface area contributed by atoms with Crippen LogP contribution in [0.15, 0.2) is 0 Å². The molecule has 0 fully saturated rings. The fraction of sp³-hybridized carbons (Fsp3) is 0.625. The van der Waals surface area contributed by atoms with Crippen molar-refractivity contribution in [1.29, 1.82) is 0 Å². The molecule has 0 rings (SSSR count). The summed E-state index contributed by atoms with van der Waals surface area (Å²) in [7, 11) is 0. The van der Waals surface area contributed by atoms with E-state index in [0.29, 0.717) is 6.42 Å². The highest BCUT2D eigenvalue weighted by Gasteiger charge is 2.04. The van der Waals surface area contributed by atoms with Crippen LogP contribution in [0, 0.1) is 0 Å². The van der Waals surface area contributed by atoms with Gasteiger partial charge in [0.05, 0.1) is 18.8 Å². The maximum Gasteiger partial charge on any atom is 0.239 e. The SMILES string of the molecule is CCC(=O)CNC(=O)CNC(=O)CS. The van der Waals surface area contributed by atoms with Crippen molar-refractivity contribution in [2.24, 2.45) is 0 Å². The molecule has 0 unspecified atom stereocenters. The lowest BCUT2D eigenvalue weighted by molar-refractivity contribution is -0.126. The summed E-state index contributed by atoms with van der Waals surface area (Å²) >= 11 is 3.72. The summed E-state index contributed by atoms with van der Waals surface area (Å²) in [4.78, 5) is 32.5. The number of carbonyl (C=O) groups excluding carboxylic acids is 3. The Morgan fingerprint density at radius 3 is 2.14 bits per heavy atom. The largest absolute Gasteiger partial charge is 0.347 e. The number of amides is 2. The highest BCUT2D eigenvalue weighted by molar-refractivity contribution is 7.81. The number of Topliss-reactive ketones (excluding diaryl/α,β-unsaturated/α-hetero) is 1. The molecule has 0 aliphatic heterocycles. The van der Waals surface area contributed by atoms with Crippen molar-refractivity contribution < 1.29 is 14.4 Å². The molecule has 6 heteroatoms. The zero-order valence-corrected chi connectivity index (χ0v) is 8.89. The lowest BCUT2D eigenvalue weighted by Crippen LogP contribution is -2.39. The highest BCUT2D eigenvalue weighted by atomic mass is 32.1. The normalized spacial score (nSPS) is 9.29. The first kappa shape index (κ1) is 13.0. The second-order valence-electron chi connectivity index (χ2n) is 2.60. The first-order valence-corrected chi connectivity index (χ1v) is 4.89. The van der Waals surface area contributed by atoms with E-state index in [-0.39, 0.29) is 36.4 Å². The van der Waals surface area contributed by atoms with Gasteiger partial charge < -0.3 is 10.6 Å². The molecule has 2 amide bonds. The van der Waals surface area contributed by atoms with E-state index >= 15 is 0 Å². The number of ketones is 1. The Morgan fingerprint density at radius 1 is 1.07 bits per heavy atom. The van der Waals surface area contributed by atoms with Crippen LogP contribution in [0.1, 0.15) is 13.3 Å². The van der Waals surface area contributed by atoms with Crippen molar-refractivity contribution in [3.63, 3.8) is 0 Å². The predicted octanol–water partition coefficient (Wildman–Crippen LogP) is -0.872. The molecule has 0 saturated carbocycles. The zero-order chi connectivity index (χ0) is 11.0. The number of thiol groups is 1. The lowest BCUT2D eigenvalue weighted by atomic mass is 10.3. The molecule has 0 aromatic carbocycles. The van der Waals surface area contributed by atoms with E-state index in [2.05, 4.69) is 23.3 Å². The Morgan fingerprint density at radius 2 is 1.64 bits per heavy atom. The van der Waals surface area contributed by atoms with Crippen molar-refractivity contribution in [3.8, 4) is 0 Å². The Balaban J connectivity index is 3.56. The van der Waals surface area contributed by atoms with Gasteiger partial charge in [-0.2, -0.15) is 12.6 Å². The minimum atomic E-state index is -0.373.